The van der Waals surface area contributed by atoms with Gasteiger partial charge in [-0.15, -0.1) is 0 Å². The summed E-state index contributed by atoms with van der Waals surface area (Å²) in [5, 5.41) is 0. The number of nitrogens with one attached hydrogen (secondary N) is 1. The Labute approximate surface area is 150 Å². The summed E-state index contributed by atoms with van der Waals surface area (Å²) < 4.78 is 5.35. The number of aromatic nitrogens is 2. The number of hydrogen-bond acceptors (Lipinski definition) is 4. The summed E-state index contributed by atoms with van der Waals surface area (Å²) in [6, 6.07) is 14.4. The van der Waals surface area contributed by atoms with Crippen LogP contribution in [0.15, 0.2) is 54.9 Å². The molecule has 7 nitrogen and oxygen atoms in total. The van der Waals surface area contributed by atoms with E-state index in [9.17, 15) is 9.59 Å². The van der Waals surface area contributed by atoms with E-state index in [1.54, 1.807) is 40.4 Å². The average Bonchev–Trinajstić information content (AvgIpc) is 3.16. The molecule has 26 heavy (non-hydrogen) atoms. The Bertz CT molecular complexity index is 930. The Morgan fingerprint density at radius 2 is 1.69 bits per heavy atom. The molecule has 0 radical (unpaired) electrons. The molecule has 1 aliphatic heterocycles. The summed E-state index contributed by atoms with van der Waals surface area (Å²) in [7, 11) is 0. The van der Waals surface area contributed by atoms with Crippen molar-refractivity contribution in [1.29, 1.82) is 0 Å². The number of fused-ring (bicyclic) bond motifs is 1. The van der Waals surface area contributed by atoms with Crippen LogP contribution in [-0.2, 0) is 0 Å². The molecule has 0 saturated carbocycles. The van der Waals surface area contributed by atoms with Gasteiger partial charge in [-0.1, -0.05) is 18.2 Å². The van der Waals surface area contributed by atoms with Gasteiger partial charge in [0.25, 0.3) is 5.91 Å². The molecular formula is C19H18N4O3. The molecule has 1 fully saturated rings. The standard InChI is InChI=1S/C19H18N4O3/c24-18(14-6-7-16-17(12-14)21-13-20-16)22-8-10-23(11-9-22)19(25)26-15-4-2-1-3-5-15/h1-7,12-13H,8-11H2,(H,20,21). The highest BCUT2D eigenvalue weighted by atomic mass is 16.6. The number of para-hydroxylation sites is 1. The topological polar surface area (TPSA) is 78.5 Å². The van der Waals surface area contributed by atoms with Crippen molar-refractivity contribution in [2.75, 3.05) is 26.2 Å². The Balaban J connectivity index is 1.36. The first kappa shape index (κ1) is 16.1. The number of carbonyl (C=O) groups excluding carboxylic acids is 2. The first-order valence-electron chi connectivity index (χ1n) is 8.45. The van der Waals surface area contributed by atoms with Gasteiger partial charge in [-0.05, 0) is 30.3 Å². The van der Waals surface area contributed by atoms with Crippen molar-refractivity contribution in [2.24, 2.45) is 0 Å². The van der Waals surface area contributed by atoms with Gasteiger partial charge in [-0.3, -0.25) is 4.79 Å². The molecule has 1 N–H and O–H groups in total. The van der Waals surface area contributed by atoms with Crippen molar-refractivity contribution in [3.05, 3.63) is 60.4 Å². The zero-order valence-electron chi connectivity index (χ0n) is 14.1. The normalized spacial score (nSPS) is 14.5. The van der Waals surface area contributed by atoms with E-state index in [2.05, 4.69) is 9.97 Å². The predicted molar refractivity (Wildman–Crippen MR) is 96.0 cm³/mol. The lowest BCUT2D eigenvalue weighted by Crippen LogP contribution is -2.51. The van der Waals surface area contributed by atoms with Crippen LogP contribution in [0, 0.1) is 0 Å². The highest BCUT2D eigenvalue weighted by molar-refractivity contribution is 5.97. The van der Waals surface area contributed by atoms with Gasteiger partial charge in [0.1, 0.15) is 5.75 Å². The second kappa shape index (κ2) is 6.87. The van der Waals surface area contributed by atoms with Crippen LogP contribution in [0.3, 0.4) is 0 Å². The number of nitrogens with zero attached hydrogens (tertiary/aromatic N) is 3. The van der Waals surface area contributed by atoms with Gasteiger partial charge >= 0.3 is 6.09 Å². The molecule has 7 heteroatoms. The number of rotatable bonds is 2. The van der Waals surface area contributed by atoms with Gasteiger partial charge in [-0.2, -0.15) is 0 Å². The number of ether oxygens (including phenoxy) is 1. The van der Waals surface area contributed by atoms with Crippen LogP contribution in [0.1, 0.15) is 10.4 Å². The maximum atomic E-state index is 12.7. The molecule has 2 amide bonds. The number of aromatic amines is 1. The minimum atomic E-state index is -0.387. The highest BCUT2D eigenvalue weighted by Crippen LogP contribution is 2.16. The van der Waals surface area contributed by atoms with Gasteiger partial charge in [0, 0.05) is 31.7 Å². The van der Waals surface area contributed by atoms with E-state index < -0.39 is 0 Å². The number of imidazole rings is 1. The van der Waals surface area contributed by atoms with Crippen molar-refractivity contribution in [2.45, 2.75) is 0 Å². The third-order valence-corrected chi connectivity index (χ3v) is 4.44. The number of carbonyl (C=O) groups is 2. The largest absolute Gasteiger partial charge is 0.415 e. The minimum Gasteiger partial charge on any atom is -0.410 e. The van der Waals surface area contributed by atoms with Gasteiger partial charge in [-0.25, -0.2) is 9.78 Å². The molecule has 0 unspecified atom stereocenters. The number of piperazine rings is 1. The summed E-state index contributed by atoms with van der Waals surface area (Å²) in [6.45, 7) is 1.85. The summed E-state index contributed by atoms with van der Waals surface area (Å²) in [6.07, 6.45) is 1.22. The zero-order valence-corrected chi connectivity index (χ0v) is 14.1. The first-order valence-corrected chi connectivity index (χ1v) is 8.45. The Hall–Kier alpha value is -3.35. The molecule has 1 aromatic heterocycles. The Morgan fingerprint density at radius 1 is 0.962 bits per heavy atom. The molecule has 4 rings (SSSR count). The first-order chi connectivity index (χ1) is 12.7. The fraction of sp³-hybridized carbons (Fsp3) is 0.211. The summed E-state index contributed by atoms with van der Waals surface area (Å²) in [5.74, 6) is 0.474. The summed E-state index contributed by atoms with van der Waals surface area (Å²) in [5.41, 5.74) is 2.28. The fourth-order valence-electron chi connectivity index (χ4n) is 3.00. The second-order valence-electron chi connectivity index (χ2n) is 6.09. The molecule has 132 valence electrons. The maximum absolute atomic E-state index is 12.7. The van der Waals surface area contributed by atoms with E-state index in [0.717, 1.165) is 11.0 Å². The smallest absolute Gasteiger partial charge is 0.410 e. The fourth-order valence-corrected chi connectivity index (χ4v) is 3.00. The van der Waals surface area contributed by atoms with Gasteiger partial charge in [0.05, 0.1) is 17.4 Å². The molecule has 1 aliphatic rings. The van der Waals surface area contributed by atoms with Crippen LogP contribution < -0.4 is 4.74 Å². The van der Waals surface area contributed by atoms with E-state index >= 15 is 0 Å². The molecule has 0 bridgehead atoms. The van der Waals surface area contributed by atoms with Gasteiger partial charge < -0.3 is 19.5 Å². The second-order valence-corrected chi connectivity index (χ2v) is 6.09. The van der Waals surface area contributed by atoms with Crippen molar-refractivity contribution in [3.63, 3.8) is 0 Å². The van der Waals surface area contributed by atoms with Crippen molar-refractivity contribution in [3.8, 4) is 5.75 Å². The average molecular weight is 350 g/mol. The van der Waals surface area contributed by atoms with E-state index in [1.165, 1.54) is 0 Å². The van der Waals surface area contributed by atoms with E-state index in [1.807, 2.05) is 24.3 Å². The van der Waals surface area contributed by atoms with E-state index in [-0.39, 0.29) is 12.0 Å². The van der Waals surface area contributed by atoms with Crippen LogP contribution in [0.5, 0.6) is 5.75 Å². The lowest BCUT2D eigenvalue weighted by molar-refractivity contribution is 0.0633. The maximum Gasteiger partial charge on any atom is 0.415 e. The third-order valence-electron chi connectivity index (χ3n) is 4.44. The SMILES string of the molecule is O=C(Oc1ccccc1)N1CCN(C(=O)c2ccc3nc[nH]c3c2)CC1. The molecule has 0 aliphatic carbocycles. The van der Waals surface area contributed by atoms with Crippen LogP contribution in [-0.4, -0.2) is 57.9 Å². The van der Waals surface area contributed by atoms with Crippen LogP contribution in [0.4, 0.5) is 4.79 Å². The van der Waals surface area contributed by atoms with Crippen LogP contribution >= 0.6 is 0 Å². The van der Waals surface area contributed by atoms with Gasteiger partial charge in [0.15, 0.2) is 0 Å². The van der Waals surface area contributed by atoms with Crippen molar-refractivity contribution < 1.29 is 14.3 Å². The monoisotopic (exact) mass is 350 g/mol. The summed E-state index contributed by atoms with van der Waals surface area (Å²) in [4.78, 5) is 35.5. The van der Waals surface area contributed by atoms with Crippen molar-refractivity contribution >= 4 is 23.0 Å². The number of hydrogen-bond donors (Lipinski definition) is 1. The number of amides is 2. The zero-order chi connectivity index (χ0) is 17.9. The number of benzene rings is 2. The van der Waals surface area contributed by atoms with Gasteiger partial charge in [0.2, 0.25) is 0 Å². The Morgan fingerprint density at radius 3 is 2.46 bits per heavy atom. The third kappa shape index (κ3) is 3.23. The molecule has 0 atom stereocenters. The van der Waals surface area contributed by atoms with Crippen molar-refractivity contribution in [1.82, 2.24) is 19.8 Å². The van der Waals surface area contributed by atoms with E-state index in [0.29, 0.717) is 37.5 Å². The van der Waals surface area contributed by atoms with E-state index in [4.69, 9.17) is 4.74 Å². The quantitative estimate of drug-likeness (QED) is 0.770. The lowest BCUT2D eigenvalue weighted by atomic mass is 10.1. The summed E-state index contributed by atoms with van der Waals surface area (Å²) >= 11 is 0. The molecular weight excluding hydrogens is 332 g/mol. The number of H-pyrrole nitrogens is 1. The minimum absolute atomic E-state index is 0.0439. The molecule has 3 aromatic rings. The molecule has 2 heterocycles. The molecule has 0 spiro atoms. The van der Waals surface area contributed by atoms with Crippen LogP contribution in [0.2, 0.25) is 0 Å². The van der Waals surface area contributed by atoms with Crippen LogP contribution in [0.25, 0.3) is 11.0 Å². The predicted octanol–water partition coefficient (Wildman–Crippen LogP) is 2.52. The Kier molecular flexibility index (Phi) is 4.27. The molecule has 1 saturated heterocycles. The highest BCUT2D eigenvalue weighted by Gasteiger charge is 2.26. The molecule has 2 aromatic carbocycles. The lowest BCUT2D eigenvalue weighted by Gasteiger charge is -2.34.